The smallest absolute Gasteiger partial charge is 0.142 e. The molecular formula is C12H16FNOS. The number of piperidine rings is 1. The summed E-state index contributed by atoms with van der Waals surface area (Å²) in [5.74, 6) is -0.0000154. The van der Waals surface area contributed by atoms with Gasteiger partial charge in [-0.3, -0.25) is 4.21 Å². The maximum absolute atomic E-state index is 14.1. The van der Waals surface area contributed by atoms with Crippen LogP contribution in [0.5, 0.6) is 0 Å². The average Bonchev–Trinajstić information content (AvgIpc) is 2.30. The van der Waals surface area contributed by atoms with E-state index in [-0.39, 0.29) is 11.7 Å². The third-order valence-electron chi connectivity index (χ3n) is 3.08. The summed E-state index contributed by atoms with van der Waals surface area (Å²) in [6.45, 7) is 1.87. The van der Waals surface area contributed by atoms with E-state index in [1.807, 2.05) is 6.07 Å². The van der Waals surface area contributed by atoms with Crippen molar-refractivity contribution in [2.75, 3.05) is 19.3 Å². The lowest BCUT2D eigenvalue weighted by molar-refractivity contribution is 0.441. The van der Waals surface area contributed by atoms with Crippen LogP contribution in [0.4, 0.5) is 4.39 Å². The van der Waals surface area contributed by atoms with Crippen molar-refractivity contribution in [2.45, 2.75) is 23.7 Å². The highest BCUT2D eigenvalue weighted by Gasteiger charge is 2.20. The van der Waals surface area contributed by atoms with Crippen LogP contribution in [-0.2, 0) is 10.8 Å². The highest BCUT2D eigenvalue weighted by molar-refractivity contribution is 7.84. The number of benzene rings is 1. The van der Waals surface area contributed by atoms with Crippen LogP contribution in [0.15, 0.2) is 23.1 Å². The molecule has 0 spiro atoms. The molecule has 16 heavy (non-hydrogen) atoms. The van der Waals surface area contributed by atoms with E-state index < -0.39 is 10.8 Å². The summed E-state index contributed by atoms with van der Waals surface area (Å²) < 4.78 is 25.5. The fourth-order valence-electron chi connectivity index (χ4n) is 2.20. The Bertz CT molecular complexity index is 402. The number of nitrogens with one attached hydrogen (secondary N) is 1. The predicted molar refractivity (Wildman–Crippen MR) is 63.6 cm³/mol. The molecule has 1 N–H and O–H groups in total. The van der Waals surface area contributed by atoms with Crippen LogP contribution in [0.1, 0.15) is 24.3 Å². The molecule has 1 aliphatic heterocycles. The largest absolute Gasteiger partial charge is 0.317 e. The molecule has 4 heteroatoms. The molecule has 1 aliphatic rings. The second-order valence-corrected chi connectivity index (χ2v) is 5.49. The van der Waals surface area contributed by atoms with Crippen molar-refractivity contribution in [3.63, 3.8) is 0 Å². The number of rotatable bonds is 2. The summed E-state index contributed by atoms with van der Waals surface area (Å²) >= 11 is 0. The summed E-state index contributed by atoms with van der Waals surface area (Å²) in [5.41, 5.74) is 0.731. The Labute approximate surface area is 97.7 Å². The zero-order valence-electron chi connectivity index (χ0n) is 9.33. The van der Waals surface area contributed by atoms with E-state index in [9.17, 15) is 8.60 Å². The molecule has 1 heterocycles. The van der Waals surface area contributed by atoms with E-state index in [1.54, 1.807) is 12.1 Å². The Morgan fingerprint density at radius 3 is 2.69 bits per heavy atom. The van der Waals surface area contributed by atoms with E-state index in [2.05, 4.69) is 5.32 Å². The fourth-order valence-corrected chi connectivity index (χ4v) is 2.84. The van der Waals surface area contributed by atoms with Gasteiger partial charge in [0.15, 0.2) is 0 Å². The third-order valence-corrected chi connectivity index (χ3v) is 4.02. The van der Waals surface area contributed by atoms with Gasteiger partial charge in [-0.1, -0.05) is 12.1 Å². The zero-order valence-corrected chi connectivity index (χ0v) is 10.1. The standard InChI is InChI=1S/C12H16FNOS/c1-16(15)11-4-2-3-10(12(11)13)9-5-7-14-8-6-9/h2-4,9,14H,5-8H2,1H3. The average molecular weight is 241 g/mol. The monoisotopic (exact) mass is 241 g/mol. The molecule has 0 bridgehead atoms. The van der Waals surface area contributed by atoms with Crippen molar-refractivity contribution >= 4 is 10.8 Å². The quantitative estimate of drug-likeness (QED) is 0.858. The first-order valence-electron chi connectivity index (χ1n) is 5.52. The minimum atomic E-state index is -1.25. The lowest BCUT2D eigenvalue weighted by atomic mass is 9.90. The van der Waals surface area contributed by atoms with Crippen LogP contribution in [0.2, 0.25) is 0 Å². The predicted octanol–water partition coefficient (Wildman–Crippen LogP) is 2.03. The Balaban J connectivity index is 2.33. The molecule has 0 aromatic heterocycles. The maximum Gasteiger partial charge on any atom is 0.142 e. The van der Waals surface area contributed by atoms with E-state index in [4.69, 9.17) is 0 Å². The van der Waals surface area contributed by atoms with Crippen LogP contribution >= 0.6 is 0 Å². The molecule has 88 valence electrons. The van der Waals surface area contributed by atoms with Crippen LogP contribution in [0, 0.1) is 5.82 Å². The van der Waals surface area contributed by atoms with Gasteiger partial charge in [0.2, 0.25) is 0 Å². The molecule has 1 aromatic rings. The van der Waals surface area contributed by atoms with Crippen molar-refractivity contribution < 1.29 is 8.60 Å². The summed E-state index contributed by atoms with van der Waals surface area (Å²) in [6.07, 6.45) is 3.43. The molecule has 1 atom stereocenters. The Morgan fingerprint density at radius 2 is 2.06 bits per heavy atom. The Kier molecular flexibility index (Phi) is 3.71. The SMILES string of the molecule is CS(=O)c1cccc(C2CCNCC2)c1F. The van der Waals surface area contributed by atoms with E-state index >= 15 is 0 Å². The molecule has 1 unspecified atom stereocenters. The molecule has 0 saturated carbocycles. The maximum atomic E-state index is 14.1. The van der Waals surface area contributed by atoms with Crippen molar-refractivity contribution in [3.8, 4) is 0 Å². The Morgan fingerprint density at radius 1 is 1.38 bits per heavy atom. The van der Waals surface area contributed by atoms with Crippen molar-refractivity contribution in [3.05, 3.63) is 29.6 Å². The summed E-state index contributed by atoms with van der Waals surface area (Å²) in [5, 5.41) is 3.26. The van der Waals surface area contributed by atoms with Gasteiger partial charge >= 0.3 is 0 Å². The second kappa shape index (κ2) is 5.06. The molecule has 0 amide bonds. The third kappa shape index (κ3) is 2.33. The van der Waals surface area contributed by atoms with Crippen LogP contribution < -0.4 is 5.32 Å². The zero-order chi connectivity index (χ0) is 11.5. The topological polar surface area (TPSA) is 29.1 Å². The molecule has 1 saturated heterocycles. The van der Waals surface area contributed by atoms with Crippen molar-refractivity contribution in [1.29, 1.82) is 0 Å². The molecular weight excluding hydrogens is 225 g/mol. The Hall–Kier alpha value is -0.740. The highest BCUT2D eigenvalue weighted by atomic mass is 32.2. The van der Waals surface area contributed by atoms with Crippen molar-refractivity contribution in [1.82, 2.24) is 5.32 Å². The van der Waals surface area contributed by atoms with Gasteiger partial charge in [0.05, 0.1) is 15.7 Å². The van der Waals surface area contributed by atoms with Gasteiger partial charge in [-0.2, -0.15) is 0 Å². The molecule has 0 radical (unpaired) electrons. The highest BCUT2D eigenvalue weighted by Crippen LogP contribution is 2.29. The molecule has 1 aromatic carbocycles. The van der Waals surface area contributed by atoms with E-state index in [1.165, 1.54) is 6.26 Å². The second-order valence-electron chi connectivity index (χ2n) is 4.14. The van der Waals surface area contributed by atoms with Gasteiger partial charge in [0, 0.05) is 6.26 Å². The van der Waals surface area contributed by atoms with Crippen LogP contribution in [0.3, 0.4) is 0 Å². The summed E-state index contributed by atoms with van der Waals surface area (Å²) in [6, 6.07) is 5.23. The van der Waals surface area contributed by atoms with Crippen molar-refractivity contribution in [2.24, 2.45) is 0 Å². The normalized spacial score (nSPS) is 19.6. The first-order valence-corrected chi connectivity index (χ1v) is 7.08. The number of hydrogen-bond acceptors (Lipinski definition) is 2. The molecule has 1 fully saturated rings. The molecule has 2 rings (SSSR count). The fraction of sp³-hybridized carbons (Fsp3) is 0.500. The van der Waals surface area contributed by atoms with Gasteiger partial charge in [-0.25, -0.2) is 4.39 Å². The minimum Gasteiger partial charge on any atom is -0.317 e. The summed E-state index contributed by atoms with van der Waals surface area (Å²) in [7, 11) is -1.25. The van der Waals surface area contributed by atoms with E-state index in [0.717, 1.165) is 31.5 Å². The van der Waals surface area contributed by atoms with Gasteiger partial charge < -0.3 is 5.32 Å². The lowest BCUT2D eigenvalue weighted by Crippen LogP contribution is -2.27. The number of hydrogen-bond donors (Lipinski definition) is 1. The van der Waals surface area contributed by atoms with Crippen LogP contribution in [-0.4, -0.2) is 23.6 Å². The van der Waals surface area contributed by atoms with Crippen LogP contribution in [0.25, 0.3) is 0 Å². The lowest BCUT2D eigenvalue weighted by Gasteiger charge is -2.23. The van der Waals surface area contributed by atoms with Gasteiger partial charge in [-0.15, -0.1) is 0 Å². The summed E-state index contributed by atoms with van der Waals surface area (Å²) in [4.78, 5) is 0.330. The van der Waals surface area contributed by atoms with Gasteiger partial charge in [0.1, 0.15) is 5.82 Å². The van der Waals surface area contributed by atoms with Gasteiger partial charge in [-0.05, 0) is 43.5 Å². The van der Waals surface area contributed by atoms with Gasteiger partial charge in [0.25, 0.3) is 0 Å². The first-order chi connectivity index (χ1) is 7.70. The molecule has 0 aliphatic carbocycles. The molecule has 2 nitrogen and oxygen atoms in total. The minimum absolute atomic E-state index is 0.268. The first kappa shape index (κ1) is 11.7. The van der Waals surface area contributed by atoms with E-state index in [0.29, 0.717) is 4.90 Å². The number of halogens is 1.